The van der Waals surface area contributed by atoms with Crippen molar-refractivity contribution in [2.24, 2.45) is 0 Å². The molecule has 7 nitrogen and oxygen atoms in total. The lowest BCUT2D eigenvalue weighted by Crippen LogP contribution is -2.37. The Kier molecular flexibility index (Phi) is 8.50. The second-order valence-corrected chi connectivity index (χ2v) is 7.08. The van der Waals surface area contributed by atoms with Crippen LogP contribution in [0.2, 0.25) is 0 Å². The Morgan fingerprint density at radius 2 is 1.88 bits per heavy atom. The van der Waals surface area contributed by atoms with Gasteiger partial charge in [0, 0.05) is 27.3 Å². The van der Waals surface area contributed by atoms with Crippen molar-refractivity contribution in [3.8, 4) is 0 Å². The van der Waals surface area contributed by atoms with Gasteiger partial charge in [-0.05, 0) is 36.6 Å². The molecule has 0 radical (unpaired) electrons. The smallest absolute Gasteiger partial charge is 0.341 e. The SMILES string of the molecule is CCOC(=O)c1c(C2CC2)csc1NC(=O)CN(CCOC)CCOC. The van der Waals surface area contributed by atoms with Gasteiger partial charge in [-0.1, -0.05) is 0 Å². The van der Waals surface area contributed by atoms with Crippen LogP contribution in [-0.2, 0) is 19.0 Å². The molecule has 1 amide bonds. The minimum atomic E-state index is -0.360. The number of ether oxygens (including phenoxy) is 3. The zero-order valence-corrected chi connectivity index (χ0v) is 16.5. The highest BCUT2D eigenvalue weighted by Crippen LogP contribution is 2.46. The van der Waals surface area contributed by atoms with Crippen molar-refractivity contribution in [3.05, 3.63) is 16.5 Å². The molecule has 0 spiro atoms. The molecule has 1 aliphatic rings. The van der Waals surface area contributed by atoms with Crippen LogP contribution in [-0.4, -0.2) is 70.5 Å². The molecule has 146 valence electrons. The number of nitrogens with one attached hydrogen (secondary N) is 1. The molecular weight excluding hydrogens is 356 g/mol. The Labute approximate surface area is 158 Å². The minimum Gasteiger partial charge on any atom is -0.462 e. The molecule has 8 heteroatoms. The normalized spacial score (nSPS) is 13.8. The molecule has 26 heavy (non-hydrogen) atoms. The standard InChI is InChI=1S/C18H28N2O5S/c1-4-25-18(22)16-14(13-5-6-13)12-26-17(16)19-15(21)11-20(7-9-23-2)8-10-24-3/h12-13H,4-11H2,1-3H3,(H,19,21). The fraction of sp³-hybridized carbons (Fsp3) is 0.667. The number of hydrogen-bond acceptors (Lipinski definition) is 7. The second kappa shape index (κ2) is 10.6. The monoisotopic (exact) mass is 384 g/mol. The zero-order chi connectivity index (χ0) is 18.9. The topological polar surface area (TPSA) is 77.1 Å². The molecule has 2 rings (SSSR count). The summed E-state index contributed by atoms with van der Waals surface area (Å²) in [5, 5.41) is 5.43. The van der Waals surface area contributed by atoms with Gasteiger partial charge in [0.15, 0.2) is 0 Å². The summed E-state index contributed by atoms with van der Waals surface area (Å²) in [6, 6.07) is 0. The molecule has 0 atom stereocenters. The maximum atomic E-state index is 12.5. The average molecular weight is 384 g/mol. The van der Waals surface area contributed by atoms with Crippen molar-refractivity contribution >= 4 is 28.2 Å². The summed E-state index contributed by atoms with van der Waals surface area (Å²) in [6.45, 7) is 4.65. The van der Waals surface area contributed by atoms with E-state index in [4.69, 9.17) is 14.2 Å². The lowest BCUT2D eigenvalue weighted by molar-refractivity contribution is -0.117. The quantitative estimate of drug-likeness (QED) is 0.558. The number of amides is 1. The summed E-state index contributed by atoms with van der Waals surface area (Å²) in [7, 11) is 3.26. The molecule has 1 N–H and O–H groups in total. The van der Waals surface area contributed by atoms with E-state index >= 15 is 0 Å². The van der Waals surface area contributed by atoms with E-state index in [1.54, 1.807) is 21.1 Å². The number of carbonyl (C=O) groups is 2. The van der Waals surface area contributed by atoms with Gasteiger partial charge in [-0.3, -0.25) is 9.69 Å². The first-order valence-corrected chi connectivity index (χ1v) is 9.77. The maximum absolute atomic E-state index is 12.5. The van der Waals surface area contributed by atoms with E-state index in [9.17, 15) is 9.59 Å². The first kappa shape index (κ1) is 20.8. The van der Waals surface area contributed by atoms with Crippen LogP contribution in [0, 0.1) is 0 Å². The van der Waals surface area contributed by atoms with Gasteiger partial charge in [-0.2, -0.15) is 0 Å². The number of rotatable bonds is 12. The Balaban J connectivity index is 2.03. The molecular formula is C18H28N2O5S. The molecule has 1 aliphatic carbocycles. The van der Waals surface area contributed by atoms with Crippen LogP contribution in [0.3, 0.4) is 0 Å². The summed E-state index contributed by atoms with van der Waals surface area (Å²) in [6.07, 6.45) is 2.16. The molecule has 0 unspecified atom stereocenters. The number of methoxy groups -OCH3 is 2. The van der Waals surface area contributed by atoms with E-state index in [1.807, 2.05) is 10.3 Å². The largest absolute Gasteiger partial charge is 0.462 e. The molecule has 1 fully saturated rings. The Morgan fingerprint density at radius 1 is 1.23 bits per heavy atom. The Bertz CT molecular complexity index is 592. The van der Waals surface area contributed by atoms with Gasteiger partial charge >= 0.3 is 5.97 Å². The first-order valence-electron chi connectivity index (χ1n) is 8.89. The van der Waals surface area contributed by atoms with E-state index in [-0.39, 0.29) is 18.4 Å². The number of anilines is 1. The average Bonchev–Trinajstić information content (AvgIpc) is 3.38. The first-order chi connectivity index (χ1) is 12.6. The molecule has 0 aliphatic heterocycles. The summed E-state index contributed by atoms with van der Waals surface area (Å²) in [5.41, 5.74) is 1.52. The number of thiophene rings is 1. The minimum absolute atomic E-state index is 0.160. The van der Waals surface area contributed by atoms with Crippen molar-refractivity contribution in [3.63, 3.8) is 0 Å². The van der Waals surface area contributed by atoms with Crippen LogP contribution >= 0.6 is 11.3 Å². The second-order valence-electron chi connectivity index (χ2n) is 6.20. The molecule has 1 aromatic rings. The third kappa shape index (κ3) is 6.05. The van der Waals surface area contributed by atoms with Gasteiger partial charge in [0.25, 0.3) is 0 Å². The van der Waals surface area contributed by atoms with Gasteiger partial charge in [0.2, 0.25) is 5.91 Å². The van der Waals surface area contributed by atoms with Crippen molar-refractivity contribution in [2.45, 2.75) is 25.7 Å². The highest BCUT2D eigenvalue weighted by Gasteiger charge is 2.32. The number of carbonyl (C=O) groups excluding carboxylic acids is 2. The van der Waals surface area contributed by atoms with Crippen molar-refractivity contribution in [1.29, 1.82) is 0 Å². The predicted octanol–water partition coefficient (Wildman–Crippen LogP) is 2.34. The third-order valence-electron chi connectivity index (χ3n) is 4.16. The van der Waals surface area contributed by atoms with Gasteiger partial charge in [-0.15, -0.1) is 11.3 Å². The van der Waals surface area contributed by atoms with Crippen LogP contribution in [0.4, 0.5) is 5.00 Å². The highest BCUT2D eigenvalue weighted by atomic mass is 32.1. The molecule has 0 bridgehead atoms. The fourth-order valence-electron chi connectivity index (χ4n) is 2.65. The summed E-state index contributed by atoms with van der Waals surface area (Å²) in [4.78, 5) is 26.8. The van der Waals surface area contributed by atoms with Crippen molar-refractivity contribution in [1.82, 2.24) is 4.90 Å². The van der Waals surface area contributed by atoms with E-state index in [2.05, 4.69) is 5.32 Å². The molecule has 0 saturated heterocycles. The predicted molar refractivity (Wildman–Crippen MR) is 101 cm³/mol. The summed E-state index contributed by atoms with van der Waals surface area (Å²) >= 11 is 1.39. The van der Waals surface area contributed by atoms with Gasteiger partial charge in [0.05, 0.1) is 31.9 Å². The molecule has 1 saturated carbocycles. The summed E-state index contributed by atoms with van der Waals surface area (Å²) < 4.78 is 15.4. The van der Waals surface area contributed by atoms with Crippen LogP contribution < -0.4 is 5.32 Å². The zero-order valence-electron chi connectivity index (χ0n) is 15.7. The van der Waals surface area contributed by atoms with Crippen molar-refractivity contribution in [2.75, 3.05) is 59.0 Å². The van der Waals surface area contributed by atoms with Crippen LogP contribution in [0.15, 0.2) is 5.38 Å². The van der Waals surface area contributed by atoms with E-state index in [0.29, 0.717) is 49.4 Å². The van der Waals surface area contributed by atoms with Gasteiger partial charge in [-0.25, -0.2) is 4.79 Å². The number of esters is 1. The van der Waals surface area contributed by atoms with E-state index in [1.165, 1.54) is 11.3 Å². The van der Waals surface area contributed by atoms with Crippen LogP contribution in [0.1, 0.15) is 41.6 Å². The van der Waals surface area contributed by atoms with Crippen molar-refractivity contribution < 1.29 is 23.8 Å². The van der Waals surface area contributed by atoms with E-state index < -0.39 is 0 Å². The third-order valence-corrected chi connectivity index (χ3v) is 5.07. The van der Waals surface area contributed by atoms with Gasteiger partial charge in [0.1, 0.15) is 5.00 Å². The van der Waals surface area contributed by atoms with Crippen LogP contribution in [0.5, 0.6) is 0 Å². The van der Waals surface area contributed by atoms with Crippen LogP contribution in [0.25, 0.3) is 0 Å². The highest BCUT2D eigenvalue weighted by molar-refractivity contribution is 7.15. The number of nitrogens with zero attached hydrogens (tertiary/aromatic N) is 1. The Hall–Kier alpha value is -1.48. The number of hydrogen-bond donors (Lipinski definition) is 1. The lowest BCUT2D eigenvalue weighted by atomic mass is 10.1. The Morgan fingerprint density at radius 3 is 2.42 bits per heavy atom. The molecule has 1 aromatic heterocycles. The van der Waals surface area contributed by atoms with Gasteiger partial charge < -0.3 is 19.5 Å². The lowest BCUT2D eigenvalue weighted by Gasteiger charge is -2.20. The fourth-order valence-corrected chi connectivity index (χ4v) is 3.70. The maximum Gasteiger partial charge on any atom is 0.341 e. The molecule has 1 heterocycles. The van der Waals surface area contributed by atoms with E-state index in [0.717, 1.165) is 18.4 Å². The molecule has 0 aromatic carbocycles. The summed E-state index contributed by atoms with van der Waals surface area (Å²) in [5.74, 6) is -0.107.